The van der Waals surface area contributed by atoms with Crippen molar-refractivity contribution in [1.29, 1.82) is 0 Å². The smallest absolute Gasteiger partial charge is 0.0884 e. The Bertz CT molecular complexity index is 325. The minimum atomic E-state index is 0.135. The highest BCUT2D eigenvalue weighted by Gasteiger charge is 2.52. The van der Waals surface area contributed by atoms with Crippen molar-refractivity contribution >= 4 is 15.9 Å². The Hall–Kier alpha value is -0.350. The van der Waals surface area contributed by atoms with Crippen molar-refractivity contribution in [2.45, 2.75) is 25.0 Å². The molecular weight excluding hydrogens is 232 g/mol. The topological polar surface area (TPSA) is 27.1 Å². The first-order valence-electron chi connectivity index (χ1n) is 4.58. The van der Waals surface area contributed by atoms with Crippen LogP contribution in [-0.2, 0) is 11.3 Å². The van der Waals surface area contributed by atoms with E-state index in [0.717, 1.165) is 23.5 Å². The standard InChI is InChI=1S/C9H11BrN2O/c10-8-3-11-12(4-8)6-9-1-7(2-9)5-13-9/h3-4,7H,1-2,5-6H2. The molecule has 0 spiro atoms. The molecule has 1 saturated carbocycles. The van der Waals surface area contributed by atoms with E-state index in [0.29, 0.717) is 0 Å². The van der Waals surface area contributed by atoms with E-state index in [1.54, 1.807) is 0 Å². The van der Waals surface area contributed by atoms with Crippen molar-refractivity contribution in [3.63, 3.8) is 0 Å². The fraction of sp³-hybridized carbons (Fsp3) is 0.667. The molecule has 4 rings (SSSR count). The van der Waals surface area contributed by atoms with Gasteiger partial charge in [0.05, 0.1) is 29.4 Å². The summed E-state index contributed by atoms with van der Waals surface area (Å²) in [4.78, 5) is 0. The summed E-state index contributed by atoms with van der Waals surface area (Å²) >= 11 is 3.39. The van der Waals surface area contributed by atoms with Crippen LogP contribution in [0.5, 0.6) is 0 Å². The summed E-state index contributed by atoms with van der Waals surface area (Å²) in [5.41, 5.74) is 0.135. The zero-order valence-electron chi connectivity index (χ0n) is 7.24. The number of halogens is 1. The van der Waals surface area contributed by atoms with Gasteiger partial charge in [-0.2, -0.15) is 5.10 Å². The summed E-state index contributed by atoms with van der Waals surface area (Å²) in [7, 11) is 0. The van der Waals surface area contributed by atoms with Crippen molar-refractivity contribution in [3.05, 3.63) is 16.9 Å². The molecule has 0 N–H and O–H groups in total. The molecule has 0 unspecified atom stereocenters. The molecule has 1 aliphatic carbocycles. The lowest BCUT2D eigenvalue weighted by Crippen LogP contribution is -2.40. The lowest BCUT2D eigenvalue weighted by molar-refractivity contribution is -0.0163. The molecule has 2 aliphatic heterocycles. The van der Waals surface area contributed by atoms with Gasteiger partial charge in [0, 0.05) is 6.20 Å². The zero-order chi connectivity index (χ0) is 8.89. The lowest BCUT2D eigenvalue weighted by atomic mass is 9.75. The SMILES string of the molecule is Brc1cnn(CC23CC(CO2)C3)c1. The largest absolute Gasteiger partial charge is 0.373 e. The quantitative estimate of drug-likeness (QED) is 0.792. The third kappa shape index (κ3) is 1.23. The first-order chi connectivity index (χ1) is 6.26. The fourth-order valence-electron chi connectivity index (χ4n) is 2.42. The van der Waals surface area contributed by atoms with Gasteiger partial charge in [-0.1, -0.05) is 0 Å². The zero-order valence-corrected chi connectivity index (χ0v) is 8.83. The van der Waals surface area contributed by atoms with Crippen molar-refractivity contribution in [2.75, 3.05) is 6.61 Å². The second-order valence-corrected chi connectivity index (χ2v) is 5.04. The van der Waals surface area contributed by atoms with Gasteiger partial charge in [-0.25, -0.2) is 0 Å². The molecule has 13 heavy (non-hydrogen) atoms. The van der Waals surface area contributed by atoms with Gasteiger partial charge < -0.3 is 4.74 Å². The molecule has 1 aromatic heterocycles. The Labute approximate surface area is 85.2 Å². The number of hydrogen-bond donors (Lipinski definition) is 0. The van der Waals surface area contributed by atoms with Gasteiger partial charge >= 0.3 is 0 Å². The Morgan fingerprint density at radius 2 is 2.54 bits per heavy atom. The maximum absolute atomic E-state index is 5.75. The average molecular weight is 243 g/mol. The molecule has 4 heteroatoms. The second-order valence-electron chi connectivity index (χ2n) is 4.12. The number of nitrogens with zero attached hydrogens (tertiary/aromatic N) is 2. The monoisotopic (exact) mass is 242 g/mol. The van der Waals surface area contributed by atoms with Crippen molar-refractivity contribution in [1.82, 2.24) is 9.78 Å². The van der Waals surface area contributed by atoms with Crippen LogP contribution in [0.25, 0.3) is 0 Å². The van der Waals surface area contributed by atoms with Gasteiger partial charge in [-0.15, -0.1) is 0 Å². The van der Waals surface area contributed by atoms with E-state index < -0.39 is 0 Å². The molecule has 1 aromatic rings. The van der Waals surface area contributed by atoms with Crippen molar-refractivity contribution in [3.8, 4) is 0 Å². The van der Waals surface area contributed by atoms with Crippen LogP contribution in [0.15, 0.2) is 16.9 Å². The summed E-state index contributed by atoms with van der Waals surface area (Å²) in [6.45, 7) is 1.87. The number of hydrogen-bond acceptors (Lipinski definition) is 2. The van der Waals surface area contributed by atoms with Gasteiger partial charge in [0.2, 0.25) is 0 Å². The van der Waals surface area contributed by atoms with Gasteiger partial charge in [0.1, 0.15) is 0 Å². The first-order valence-corrected chi connectivity index (χ1v) is 5.37. The molecule has 0 radical (unpaired) electrons. The second kappa shape index (κ2) is 2.58. The summed E-state index contributed by atoms with van der Waals surface area (Å²) in [6, 6.07) is 0. The highest BCUT2D eigenvalue weighted by atomic mass is 79.9. The van der Waals surface area contributed by atoms with E-state index >= 15 is 0 Å². The van der Waals surface area contributed by atoms with E-state index in [9.17, 15) is 0 Å². The van der Waals surface area contributed by atoms with Crippen molar-refractivity contribution in [2.24, 2.45) is 5.92 Å². The minimum absolute atomic E-state index is 0.135. The van der Waals surface area contributed by atoms with E-state index in [2.05, 4.69) is 21.0 Å². The molecule has 70 valence electrons. The van der Waals surface area contributed by atoms with Crippen molar-refractivity contribution < 1.29 is 4.74 Å². The Morgan fingerprint density at radius 1 is 1.69 bits per heavy atom. The fourth-order valence-corrected chi connectivity index (χ4v) is 2.75. The van der Waals surface area contributed by atoms with E-state index in [4.69, 9.17) is 4.74 Å². The van der Waals surface area contributed by atoms with Crippen LogP contribution >= 0.6 is 15.9 Å². The molecule has 3 fully saturated rings. The summed E-state index contributed by atoms with van der Waals surface area (Å²) < 4.78 is 8.76. The van der Waals surface area contributed by atoms with Gasteiger partial charge in [0.25, 0.3) is 0 Å². The van der Waals surface area contributed by atoms with Crippen LogP contribution in [0.2, 0.25) is 0 Å². The first kappa shape index (κ1) is 8.00. The molecule has 2 saturated heterocycles. The Kier molecular flexibility index (Phi) is 1.58. The number of rotatable bonds is 2. The predicted molar refractivity (Wildman–Crippen MR) is 51.3 cm³/mol. The maximum Gasteiger partial charge on any atom is 0.0884 e. The Balaban J connectivity index is 1.75. The predicted octanol–water partition coefficient (Wildman–Crippen LogP) is 1.82. The molecule has 3 heterocycles. The Morgan fingerprint density at radius 3 is 3.08 bits per heavy atom. The number of ether oxygens (including phenoxy) is 1. The summed E-state index contributed by atoms with van der Waals surface area (Å²) in [6.07, 6.45) is 6.28. The average Bonchev–Trinajstić information content (AvgIpc) is 2.65. The van der Waals surface area contributed by atoms with Crippen LogP contribution in [-0.4, -0.2) is 22.0 Å². The van der Waals surface area contributed by atoms with E-state index in [1.165, 1.54) is 12.8 Å². The summed E-state index contributed by atoms with van der Waals surface area (Å²) in [5.74, 6) is 0.832. The summed E-state index contributed by atoms with van der Waals surface area (Å²) in [5, 5.41) is 4.24. The minimum Gasteiger partial charge on any atom is -0.373 e. The third-order valence-corrected chi connectivity index (χ3v) is 3.41. The maximum atomic E-state index is 5.75. The molecule has 0 atom stereocenters. The highest BCUT2D eigenvalue weighted by Crippen LogP contribution is 2.49. The van der Waals surface area contributed by atoms with Gasteiger partial charge in [-0.3, -0.25) is 4.68 Å². The van der Waals surface area contributed by atoms with Crippen LogP contribution in [0.1, 0.15) is 12.8 Å². The molecule has 3 nitrogen and oxygen atoms in total. The van der Waals surface area contributed by atoms with E-state index in [-0.39, 0.29) is 5.60 Å². The van der Waals surface area contributed by atoms with Crippen LogP contribution < -0.4 is 0 Å². The van der Waals surface area contributed by atoms with Crippen LogP contribution in [0.4, 0.5) is 0 Å². The molecule has 0 aromatic carbocycles. The molecule has 3 aliphatic rings. The highest BCUT2D eigenvalue weighted by molar-refractivity contribution is 9.10. The molecule has 2 bridgehead atoms. The van der Waals surface area contributed by atoms with Crippen LogP contribution in [0, 0.1) is 5.92 Å². The third-order valence-electron chi connectivity index (χ3n) is 3.00. The normalized spacial score (nSPS) is 36.2. The van der Waals surface area contributed by atoms with Crippen LogP contribution in [0.3, 0.4) is 0 Å². The van der Waals surface area contributed by atoms with Gasteiger partial charge in [0.15, 0.2) is 0 Å². The molecule has 0 amide bonds. The molecular formula is C9H11BrN2O. The van der Waals surface area contributed by atoms with E-state index in [1.807, 2.05) is 17.1 Å². The lowest BCUT2D eigenvalue weighted by Gasteiger charge is -2.35. The number of fused-ring (bicyclic) bond motifs is 1. The van der Waals surface area contributed by atoms with Gasteiger partial charge in [-0.05, 0) is 34.7 Å². The number of aromatic nitrogens is 2.